The summed E-state index contributed by atoms with van der Waals surface area (Å²) in [5, 5.41) is 9.02. The standard InChI is InChI=1S/C27H17N/c1-2-9-22-20(7-1)21-8-3-4-10-23(21)26-17-18(14-15-24(22)26)19-11-5-13-27-25(19)12-6-16-28-27/h1-17H. The Morgan fingerprint density at radius 1 is 0.429 bits per heavy atom. The zero-order chi connectivity index (χ0) is 18.5. The van der Waals surface area contributed by atoms with Crippen molar-refractivity contribution >= 4 is 43.2 Å². The van der Waals surface area contributed by atoms with Crippen LogP contribution in [0.3, 0.4) is 0 Å². The molecule has 6 aromatic rings. The number of benzene rings is 5. The lowest BCUT2D eigenvalue weighted by atomic mass is 9.91. The lowest BCUT2D eigenvalue weighted by molar-refractivity contribution is 1.41. The van der Waals surface area contributed by atoms with Gasteiger partial charge in [-0.15, -0.1) is 0 Å². The average molecular weight is 355 g/mol. The molecular weight excluding hydrogens is 338 g/mol. The topological polar surface area (TPSA) is 12.9 Å². The summed E-state index contributed by atoms with van der Waals surface area (Å²) < 4.78 is 0. The van der Waals surface area contributed by atoms with Crippen molar-refractivity contribution in [2.75, 3.05) is 0 Å². The Bertz CT molecular complexity index is 1470. The van der Waals surface area contributed by atoms with Crippen LogP contribution < -0.4 is 0 Å². The van der Waals surface area contributed by atoms with Crippen molar-refractivity contribution in [2.45, 2.75) is 0 Å². The van der Waals surface area contributed by atoms with Crippen molar-refractivity contribution in [2.24, 2.45) is 0 Å². The molecule has 0 spiro atoms. The molecule has 1 heteroatoms. The molecule has 1 heterocycles. The van der Waals surface area contributed by atoms with Gasteiger partial charge in [-0.2, -0.15) is 0 Å². The van der Waals surface area contributed by atoms with Crippen LogP contribution in [0.15, 0.2) is 103 Å². The van der Waals surface area contributed by atoms with E-state index in [2.05, 4.69) is 96.0 Å². The number of aromatic nitrogens is 1. The third kappa shape index (κ3) is 2.17. The number of nitrogens with zero attached hydrogens (tertiary/aromatic N) is 1. The summed E-state index contributed by atoms with van der Waals surface area (Å²) in [5.74, 6) is 0. The summed E-state index contributed by atoms with van der Waals surface area (Å²) in [6, 6.07) is 34.8. The van der Waals surface area contributed by atoms with Crippen molar-refractivity contribution in [3.05, 3.63) is 103 Å². The molecule has 0 N–H and O–H groups in total. The maximum absolute atomic E-state index is 4.52. The molecule has 0 aliphatic carbocycles. The van der Waals surface area contributed by atoms with E-state index in [4.69, 9.17) is 0 Å². The smallest absolute Gasteiger partial charge is 0.0708 e. The lowest BCUT2D eigenvalue weighted by Crippen LogP contribution is -1.86. The maximum Gasteiger partial charge on any atom is 0.0708 e. The van der Waals surface area contributed by atoms with Crippen molar-refractivity contribution in [3.8, 4) is 11.1 Å². The molecule has 0 radical (unpaired) electrons. The Morgan fingerprint density at radius 2 is 1.04 bits per heavy atom. The molecule has 0 saturated heterocycles. The van der Waals surface area contributed by atoms with E-state index in [0.29, 0.717) is 0 Å². The molecule has 0 aliphatic heterocycles. The van der Waals surface area contributed by atoms with Crippen LogP contribution in [0, 0.1) is 0 Å². The first kappa shape index (κ1) is 15.4. The molecule has 6 rings (SSSR count). The van der Waals surface area contributed by atoms with E-state index < -0.39 is 0 Å². The van der Waals surface area contributed by atoms with Crippen LogP contribution in [0.4, 0.5) is 0 Å². The number of fused-ring (bicyclic) bond motifs is 7. The highest BCUT2D eigenvalue weighted by Crippen LogP contribution is 2.38. The van der Waals surface area contributed by atoms with Gasteiger partial charge in [0.1, 0.15) is 0 Å². The van der Waals surface area contributed by atoms with E-state index in [-0.39, 0.29) is 0 Å². The molecule has 0 bridgehead atoms. The first-order chi connectivity index (χ1) is 13.9. The second-order valence-electron chi connectivity index (χ2n) is 7.23. The molecule has 0 aliphatic rings. The van der Waals surface area contributed by atoms with Crippen molar-refractivity contribution in [1.82, 2.24) is 4.98 Å². The van der Waals surface area contributed by atoms with E-state index in [1.807, 2.05) is 12.3 Å². The van der Waals surface area contributed by atoms with Crippen LogP contribution in [-0.2, 0) is 0 Å². The first-order valence-corrected chi connectivity index (χ1v) is 9.57. The average Bonchev–Trinajstić information content (AvgIpc) is 2.78. The second-order valence-corrected chi connectivity index (χ2v) is 7.23. The highest BCUT2D eigenvalue weighted by atomic mass is 14.6. The second kappa shape index (κ2) is 5.90. The SMILES string of the molecule is c1cc(-c2ccc3c4ccccc4c4ccccc4c3c2)c2cccnc2c1. The van der Waals surface area contributed by atoms with Gasteiger partial charge in [-0.25, -0.2) is 0 Å². The molecule has 1 aromatic heterocycles. The maximum atomic E-state index is 4.52. The Kier molecular flexibility index (Phi) is 3.24. The van der Waals surface area contributed by atoms with Crippen LogP contribution in [-0.4, -0.2) is 4.98 Å². The fraction of sp³-hybridized carbons (Fsp3) is 0. The van der Waals surface area contributed by atoms with Gasteiger partial charge >= 0.3 is 0 Å². The summed E-state index contributed by atoms with van der Waals surface area (Å²) in [4.78, 5) is 4.52. The van der Waals surface area contributed by atoms with Gasteiger partial charge in [0.15, 0.2) is 0 Å². The van der Waals surface area contributed by atoms with Gasteiger partial charge in [0.2, 0.25) is 0 Å². The number of hydrogen-bond acceptors (Lipinski definition) is 1. The largest absolute Gasteiger partial charge is 0.256 e. The minimum absolute atomic E-state index is 1.03. The Hall–Kier alpha value is -3.71. The van der Waals surface area contributed by atoms with Gasteiger partial charge in [0, 0.05) is 11.6 Å². The molecule has 0 fully saturated rings. The van der Waals surface area contributed by atoms with E-state index >= 15 is 0 Å². The number of hydrogen-bond donors (Lipinski definition) is 0. The van der Waals surface area contributed by atoms with Crippen LogP contribution in [0.5, 0.6) is 0 Å². The highest BCUT2D eigenvalue weighted by molar-refractivity contribution is 6.25. The Morgan fingerprint density at radius 3 is 1.75 bits per heavy atom. The molecule has 0 amide bonds. The van der Waals surface area contributed by atoms with Crippen LogP contribution >= 0.6 is 0 Å². The Balaban J connectivity index is 1.76. The van der Waals surface area contributed by atoms with Crippen molar-refractivity contribution in [3.63, 3.8) is 0 Å². The van der Waals surface area contributed by atoms with Crippen LogP contribution in [0.25, 0.3) is 54.3 Å². The minimum atomic E-state index is 1.03. The molecule has 0 saturated carbocycles. The van der Waals surface area contributed by atoms with Gasteiger partial charge < -0.3 is 0 Å². The fourth-order valence-electron chi connectivity index (χ4n) is 4.43. The molecule has 0 unspecified atom stereocenters. The van der Waals surface area contributed by atoms with E-state index in [0.717, 1.165) is 5.52 Å². The van der Waals surface area contributed by atoms with Gasteiger partial charge in [-0.05, 0) is 61.6 Å². The summed E-state index contributed by atoms with van der Waals surface area (Å²) >= 11 is 0. The summed E-state index contributed by atoms with van der Waals surface area (Å²) in [6.45, 7) is 0. The summed E-state index contributed by atoms with van der Waals surface area (Å²) in [6.07, 6.45) is 1.85. The summed E-state index contributed by atoms with van der Waals surface area (Å²) in [5.41, 5.74) is 3.49. The van der Waals surface area contributed by atoms with Crippen LogP contribution in [0.2, 0.25) is 0 Å². The molecule has 0 atom stereocenters. The van der Waals surface area contributed by atoms with E-state index in [9.17, 15) is 0 Å². The van der Waals surface area contributed by atoms with Gasteiger partial charge in [-0.3, -0.25) is 4.98 Å². The Labute approximate surface area is 162 Å². The molecule has 1 nitrogen and oxygen atoms in total. The van der Waals surface area contributed by atoms with Gasteiger partial charge in [0.05, 0.1) is 5.52 Å². The van der Waals surface area contributed by atoms with Crippen LogP contribution in [0.1, 0.15) is 0 Å². The quantitative estimate of drug-likeness (QED) is 0.281. The van der Waals surface area contributed by atoms with E-state index in [1.54, 1.807) is 0 Å². The molecule has 28 heavy (non-hydrogen) atoms. The number of pyridine rings is 1. The first-order valence-electron chi connectivity index (χ1n) is 9.57. The minimum Gasteiger partial charge on any atom is -0.256 e. The van der Waals surface area contributed by atoms with Crippen molar-refractivity contribution < 1.29 is 0 Å². The predicted molar refractivity (Wildman–Crippen MR) is 120 cm³/mol. The normalized spacial score (nSPS) is 11.6. The third-order valence-corrected chi connectivity index (χ3v) is 5.70. The predicted octanol–water partition coefficient (Wildman–Crippen LogP) is 7.36. The molecule has 5 aromatic carbocycles. The van der Waals surface area contributed by atoms with Crippen molar-refractivity contribution in [1.29, 1.82) is 0 Å². The van der Waals surface area contributed by atoms with Gasteiger partial charge in [0.25, 0.3) is 0 Å². The molecular formula is C27H17N. The third-order valence-electron chi connectivity index (χ3n) is 5.70. The number of rotatable bonds is 1. The monoisotopic (exact) mass is 355 g/mol. The zero-order valence-corrected chi connectivity index (χ0v) is 15.3. The van der Waals surface area contributed by atoms with E-state index in [1.165, 1.54) is 48.8 Å². The van der Waals surface area contributed by atoms with Gasteiger partial charge in [-0.1, -0.05) is 78.9 Å². The highest BCUT2D eigenvalue weighted by Gasteiger charge is 2.10. The lowest BCUT2D eigenvalue weighted by Gasteiger charge is -2.13. The fourth-order valence-corrected chi connectivity index (χ4v) is 4.43. The summed E-state index contributed by atoms with van der Waals surface area (Å²) in [7, 11) is 0. The zero-order valence-electron chi connectivity index (χ0n) is 15.3. The molecule has 130 valence electrons.